The number of rotatable bonds is 1. The molecule has 0 aromatic carbocycles. The number of aliphatic carboxylic acids is 1. The maximum atomic E-state index is 9.83. The van der Waals surface area contributed by atoms with Crippen molar-refractivity contribution in [3.63, 3.8) is 0 Å². The van der Waals surface area contributed by atoms with Gasteiger partial charge in [0.1, 0.15) is 5.88 Å². The summed E-state index contributed by atoms with van der Waals surface area (Å²) < 4.78 is 4.13. The van der Waals surface area contributed by atoms with Gasteiger partial charge in [-0.15, -0.1) is 11.6 Å². The lowest BCUT2D eigenvalue weighted by Crippen LogP contribution is -1.99. The Balaban J connectivity index is 0. The third kappa shape index (κ3) is 26.9. The zero-order valence-electron chi connectivity index (χ0n) is 5.76. The summed E-state index contributed by atoms with van der Waals surface area (Å²) in [5.41, 5.74) is 0. The monoisotopic (exact) mass is 168 g/mol. The van der Waals surface area contributed by atoms with Crippen LogP contribution in [0, 0.1) is 0 Å². The molecule has 0 aliphatic carbocycles. The van der Waals surface area contributed by atoms with E-state index in [0.29, 0.717) is 0 Å². The van der Waals surface area contributed by atoms with E-state index in [0.717, 1.165) is 6.92 Å². The van der Waals surface area contributed by atoms with Crippen molar-refractivity contribution in [3.05, 3.63) is 0 Å². The Kier molecular flexibility index (Phi) is 9.84. The lowest BCUT2D eigenvalue weighted by Gasteiger charge is -1.85. The van der Waals surface area contributed by atoms with Gasteiger partial charge in [-0.05, 0) is 0 Å². The Labute approximate surface area is 63.7 Å². The summed E-state index contributed by atoms with van der Waals surface area (Å²) in [6, 6.07) is 0. The molecule has 0 aromatic rings. The van der Waals surface area contributed by atoms with E-state index < -0.39 is 11.9 Å². The maximum Gasteiger partial charge on any atom is 0.320 e. The summed E-state index contributed by atoms with van der Waals surface area (Å²) >= 11 is 4.98. The quantitative estimate of drug-likeness (QED) is 0.457. The minimum Gasteiger partial charge on any atom is -0.481 e. The highest BCUT2D eigenvalue weighted by Gasteiger charge is 1.89. The smallest absolute Gasteiger partial charge is 0.320 e. The molecule has 0 radical (unpaired) electrons. The molecule has 10 heavy (non-hydrogen) atoms. The molecule has 4 nitrogen and oxygen atoms in total. The Morgan fingerprint density at radius 2 is 1.90 bits per heavy atom. The molecular weight excluding hydrogens is 160 g/mol. The van der Waals surface area contributed by atoms with Crippen molar-refractivity contribution in [3.8, 4) is 0 Å². The summed E-state index contributed by atoms with van der Waals surface area (Å²) in [6.45, 7) is 1.08. The molecule has 0 aromatic heterocycles. The van der Waals surface area contributed by atoms with E-state index in [4.69, 9.17) is 21.5 Å². The highest BCUT2D eigenvalue weighted by atomic mass is 35.5. The number of hydrogen-bond donors (Lipinski definition) is 1. The molecule has 0 fully saturated rings. The molecule has 0 unspecified atom stereocenters. The molecule has 0 bridgehead atoms. The topological polar surface area (TPSA) is 63.6 Å². The molecule has 0 saturated heterocycles. The van der Waals surface area contributed by atoms with E-state index in [1.165, 1.54) is 7.11 Å². The highest BCUT2D eigenvalue weighted by molar-refractivity contribution is 6.26. The molecule has 5 heteroatoms. The van der Waals surface area contributed by atoms with Gasteiger partial charge in [0, 0.05) is 6.92 Å². The Bertz CT molecular complexity index is 102. The molecule has 0 rings (SSSR count). The lowest BCUT2D eigenvalue weighted by molar-refractivity contribution is -0.137. The standard InChI is InChI=1S/C3H5ClO2.C2H4O2/c1-6-3(5)2-4;1-2(3)4/h2H2,1H3;1H3,(H,3,4). The number of hydrogen-bond acceptors (Lipinski definition) is 3. The molecule has 0 heterocycles. The van der Waals surface area contributed by atoms with Gasteiger partial charge in [0.2, 0.25) is 0 Å². The highest BCUT2D eigenvalue weighted by Crippen LogP contribution is 1.75. The zero-order chi connectivity index (χ0) is 8.57. The van der Waals surface area contributed by atoms with Crippen LogP contribution < -0.4 is 0 Å². The summed E-state index contributed by atoms with van der Waals surface area (Å²) in [6.07, 6.45) is 0. The maximum absolute atomic E-state index is 9.83. The van der Waals surface area contributed by atoms with Crippen LogP contribution in [0.25, 0.3) is 0 Å². The molecule has 0 aliphatic rings. The number of carbonyl (C=O) groups is 2. The van der Waals surface area contributed by atoms with E-state index in [1.54, 1.807) is 0 Å². The largest absolute Gasteiger partial charge is 0.481 e. The van der Waals surface area contributed by atoms with Gasteiger partial charge in [-0.1, -0.05) is 0 Å². The van der Waals surface area contributed by atoms with Crippen LogP contribution in [-0.2, 0) is 14.3 Å². The van der Waals surface area contributed by atoms with Crippen LogP contribution in [0.4, 0.5) is 0 Å². The van der Waals surface area contributed by atoms with Crippen molar-refractivity contribution >= 4 is 23.5 Å². The van der Waals surface area contributed by atoms with Gasteiger partial charge in [0.05, 0.1) is 7.11 Å². The molecule has 0 saturated carbocycles. The van der Waals surface area contributed by atoms with Crippen LogP contribution >= 0.6 is 11.6 Å². The summed E-state index contributed by atoms with van der Waals surface area (Å²) in [5.74, 6) is -1.28. The van der Waals surface area contributed by atoms with Gasteiger partial charge < -0.3 is 9.84 Å². The Morgan fingerprint density at radius 3 is 1.90 bits per heavy atom. The van der Waals surface area contributed by atoms with Crippen LogP contribution in [0.1, 0.15) is 6.92 Å². The summed E-state index contributed by atoms with van der Waals surface area (Å²) in [7, 11) is 1.30. The second-order valence-corrected chi connectivity index (χ2v) is 1.50. The number of alkyl halides is 1. The number of carboxylic acid groups (broad SMARTS) is 1. The number of ether oxygens (including phenoxy) is 1. The Morgan fingerprint density at radius 1 is 1.60 bits per heavy atom. The molecule has 0 aliphatic heterocycles. The fourth-order valence-corrected chi connectivity index (χ4v) is 0.164. The number of carboxylic acids is 1. The average molecular weight is 169 g/mol. The van der Waals surface area contributed by atoms with Crippen molar-refractivity contribution in [2.75, 3.05) is 13.0 Å². The third-order valence-corrected chi connectivity index (χ3v) is 0.555. The lowest BCUT2D eigenvalue weighted by atomic mass is 10.8. The fourth-order valence-electron chi connectivity index (χ4n) is 0.0546. The first-order chi connectivity index (χ1) is 4.54. The van der Waals surface area contributed by atoms with Crippen LogP contribution in [0.5, 0.6) is 0 Å². The van der Waals surface area contributed by atoms with Crippen molar-refractivity contribution < 1.29 is 19.4 Å². The predicted molar refractivity (Wildman–Crippen MR) is 36.0 cm³/mol. The second-order valence-electron chi connectivity index (χ2n) is 1.23. The van der Waals surface area contributed by atoms with Crippen molar-refractivity contribution in [1.29, 1.82) is 0 Å². The SMILES string of the molecule is CC(=O)O.COC(=O)CCl. The minimum absolute atomic E-state index is 0.0590. The van der Waals surface area contributed by atoms with Crippen LogP contribution in [0.2, 0.25) is 0 Å². The van der Waals surface area contributed by atoms with Gasteiger partial charge in [-0.25, -0.2) is 0 Å². The molecule has 1 N–H and O–H groups in total. The minimum atomic E-state index is -0.833. The number of methoxy groups -OCH3 is 1. The van der Waals surface area contributed by atoms with Crippen molar-refractivity contribution in [2.45, 2.75) is 6.92 Å². The second kappa shape index (κ2) is 8.23. The van der Waals surface area contributed by atoms with E-state index in [1.807, 2.05) is 0 Å². The van der Waals surface area contributed by atoms with Crippen LogP contribution in [-0.4, -0.2) is 30.0 Å². The molecule has 0 amide bonds. The zero-order valence-corrected chi connectivity index (χ0v) is 6.51. The molecule has 0 atom stereocenters. The van der Waals surface area contributed by atoms with Gasteiger partial charge in [0.25, 0.3) is 5.97 Å². The van der Waals surface area contributed by atoms with Gasteiger partial charge in [0.15, 0.2) is 0 Å². The van der Waals surface area contributed by atoms with Crippen molar-refractivity contribution in [2.24, 2.45) is 0 Å². The normalized spacial score (nSPS) is 7.10. The number of esters is 1. The van der Waals surface area contributed by atoms with Crippen molar-refractivity contribution in [1.82, 2.24) is 0 Å². The summed E-state index contributed by atoms with van der Waals surface area (Å²) in [5, 5.41) is 7.42. The molecule has 0 spiro atoms. The van der Waals surface area contributed by atoms with Gasteiger partial charge in [-0.2, -0.15) is 0 Å². The van der Waals surface area contributed by atoms with E-state index in [2.05, 4.69) is 4.74 Å². The number of carbonyl (C=O) groups excluding carboxylic acids is 1. The fraction of sp³-hybridized carbons (Fsp3) is 0.600. The first-order valence-corrected chi connectivity index (χ1v) is 2.90. The molecular formula is C5H9ClO4. The number of halogens is 1. The first-order valence-electron chi connectivity index (χ1n) is 2.37. The van der Waals surface area contributed by atoms with Crippen LogP contribution in [0.15, 0.2) is 0 Å². The van der Waals surface area contributed by atoms with E-state index in [9.17, 15) is 4.79 Å². The predicted octanol–water partition coefficient (Wildman–Crippen LogP) is 0.489. The third-order valence-electron chi connectivity index (χ3n) is 0.337. The Hall–Kier alpha value is -0.770. The van der Waals surface area contributed by atoms with Gasteiger partial charge >= 0.3 is 5.97 Å². The van der Waals surface area contributed by atoms with Crippen LogP contribution in [0.3, 0.4) is 0 Å². The van der Waals surface area contributed by atoms with E-state index >= 15 is 0 Å². The summed E-state index contributed by atoms with van der Waals surface area (Å²) in [4.78, 5) is 18.8. The van der Waals surface area contributed by atoms with Gasteiger partial charge in [-0.3, -0.25) is 9.59 Å². The molecule has 60 valence electrons. The van der Waals surface area contributed by atoms with E-state index in [-0.39, 0.29) is 5.88 Å². The average Bonchev–Trinajstić information content (AvgIpc) is 1.85. The first kappa shape index (κ1) is 12.0.